The van der Waals surface area contributed by atoms with Gasteiger partial charge in [-0.1, -0.05) is 61.9 Å². The first-order valence-corrected chi connectivity index (χ1v) is 9.20. The number of hydrogen-bond acceptors (Lipinski definition) is 3. The zero-order chi connectivity index (χ0) is 18.7. The minimum absolute atomic E-state index is 0.113. The SMILES string of the molecule is CC1=CC(COC(=O)CC(=O)c2ccc3ccccc3c2)C(C)(C)CC1. The Labute approximate surface area is 155 Å². The van der Waals surface area contributed by atoms with Gasteiger partial charge < -0.3 is 4.74 Å². The molecule has 1 aliphatic carbocycles. The predicted molar refractivity (Wildman–Crippen MR) is 104 cm³/mol. The first-order valence-electron chi connectivity index (χ1n) is 9.20. The van der Waals surface area contributed by atoms with Crippen molar-refractivity contribution >= 4 is 22.5 Å². The maximum atomic E-state index is 12.4. The van der Waals surface area contributed by atoms with Crippen molar-refractivity contribution in [1.82, 2.24) is 0 Å². The lowest BCUT2D eigenvalue weighted by atomic mass is 9.71. The van der Waals surface area contributed by atoms with E-state index in [1.54, 1.807) is 6.07 Å². The number of hydrogen-bond donors (Lipinski definition) is 0. The Bertz CT molecular complexity index is 861. The summed E-state index contributed by atoms with van der Waals surface area (Å²) >= 11 is 0. The van der Waals surface area contributed by atoms with E-state index in [1.165, 1.54) is 5.57 Å². The van der Waals surface area contributed by atoms with Gasteiger partial charge in [0.25, 0.3) is 0 Å². The first-order chi connectivity index (χ1) is 12.3. The third-order valence-corrected chi connectivity index (χ3v) is 5.45. The van der Waals surface area contributed by atoms with Crippen molar-refractivity contribution in [3.05, 3.63) is 59.7 Å². The number of ether oxygens (including phenoxy) is 1. The van der Waals surface area contributed by atoms with Crippen LogP contribution in [0.5, 0.6) is 0 Å². The van der Waals surface area contributed by atoms with Crippen molar-refractivity contribution in [3.63, 3.8) is 0 Å². The predicted octanol–water partition coefficient (Wildman–Crippen LogP) is 5.34. The van der Waals surface area contributed by atoms with Crippen LogP contribution in [-0.2, 0) is 9.53 Å². The number of rotatable bonds is 5. The Morgan fingerprint density at radius 3 is 2.62 bits per heavy atom. The van der Waals surface area contributed by atoms with Crippen LogP contribution in [0.25, 0.3) is 10.8 Å². The normalized spacial score (nSPS) is 19.0. The van der Waals surface area contributed by atoms with E-state index in [-0.39, 0.29) is 23.5 Å². The lowest BCUT2D eigenvalue weighted by molar-refractivity contribution is -0.144. The minimum atomic E-state index is -0.449. The first kappa shape index (κ1) is 18.4. The quantitative estimate of drug-likeness (QED) is 0.316. The third-order valence-electron chi connectivity index (χ3n) is 5.45. The van der Waals surface area contributed by atoms with E-state index >= 15 is 0 Å². The summed E-state index contributed by atoms with van der Waals surface area (Å²) in [6.07, 6.45) is 4.18. The van der Waals surface area contributed by atoms with Crippen molar-refractivity contribution in [2.75, 3.05) is 6.61 Å². The summed E-state index contributed by atoms with van der Waals surface area (Å²) in [7, 11) is 0. The summed E-state index contributed by atoms with van der Waals surface area (Å²) in [5, 5.41) is 2.07. The van der Waals surface area contributed by atoms with Gasteiger partial charge in [0.05, 0.1) is 6.61 Å². The summed E-state index contributed by atoms with van der Waals surface area (Å²) in [5.74, 6) is -0.443. The van der Waals surface area contributed by atoms with Crippen molar-refractivity contribution in [1.29, 1.82) is 0 Å². The maximum absolute atomic E-state index is 12.4. The molecule has 0 saturated carbocycles. The largest absolute Gasteiger partial charge is 0.465 e. The third kappa shape index (κ3) is 4.21. The van der Waals surface area contributed by atoms with Gasteiger partial charge in [-0.05, 0) is 42.0 Å². The molecule has 0 heterocycles. The Kier molecular flexibility index (Phi) is 5.26. The second-order valence-electron chi connectivity index (χ2n) is 7.95. The van der Waals surface area contributed by atoms with Gasteiger partial charge in [-0.2, -0.15) is 0 Å². The molecule has 0 saturated heterocycles. The number of esters is 1. The van der Waals surface area contributed by atoms with Crippen LogP contribution in [-0.4, -0.2) is 18.4 Å². The zero-order valence-corrected chi connectivity index (χ0v) is 15.7. The summed E-state index contributed by atoms with van der Waals surface area (Å²) in [5.41, 5.74) is 2.01. The number of ketones is 1. The molecule has 3 heteroatoms. The van der Waals surface area contributed by atoms with E-state index in [1.807, 2.05) is 36.4 Å². The van der Waals surface area contributed by atoms with Crippen molar-refractivity contribution in [3.8, 4) is 0 Å². The molecule has 0 spiro atoms. The zero-order valence-electron chi connectivity index (χ0n) is 15.7. The Morgan fingerprint density at radius 2 is 1.85 bits per heavy atom. The molecule has 0 radical (unpaired) electrons. The lowest BCUT2D eigenvalue weighted by Gasteiger charge is -2.36. The van der Waals surface area contributed by atoms with Gasteiger partial charge >= 0.3 is 5.97 Å². The van der Waals surface area contributed by atoms with Crippen molar-refractivity contribution in [2.45, 2.75) is 40.0 Å². The molecule has 0 fully saturated rings. The maximum Gasteiger partial charge on any atom is 0.313 e. The molecule has 2 aromatic rings. The second-order valence-corrected chi connectivity index (χ2v) is 7.95. The van der Waals surface area contributed by atoms with Gasteiger partial charge in [0, 0.05) is 11.5 Å². The molecular weight excluding hydrogens is 324 g/mol. The standard InChI is InChI=1S/C23H26O3/c1-16-10-11-23(2,3)20(12-16)15-26-22(25)14-21(24)19-9-8-17-6-4-5-7-18(17)13-19/h4-9,12-13,20H,10-11,14-15H2,1-3H3. The Hall–Kier alpha value is -2.42. The minimum Gasteiger partial charge on any atom is -0.465 e. The van der Waals surface area contributed by atoms with Gasteiger partial charge in [0.1, 0.15) is 6.42 Å². The van der Waals surface area contributed by atoms with Crippen LogP contribution < -0.4 is 0 Å². The van der Waals surface area contributed by atoms with Gasteiger partial charge in [-0.15, -0.1) is 0 Å². The van der Waals surface area contributed by atoms with Gasteiger partial charge in [0.15, 0.2) is 5.78 Å². The monoisotopic (exact) mass is 350 g/mol. The summed E-state index contributed by atoms with van der Waals surface area (Å²) < 4.78 is 5.44. The van der Waals surface area contributed by atoms with E-state index in [0.717, 1.165) is 23.6 Å². The Morgan fingerprint density at radius 1 is 1.12 bits per heavy atom. The number of benzene rings is 2. The van der Waals surface area contributed by atoms with Crippen LogP contribution in [0.3, 0.4) is 0 Å². The highest BCUT2D eigenvalue weighted by Gasteiger charge is 2.32. The molecular formula is C23H26O3. The highest BCUT2D eigenvalue weighted by molar-refractivity contribution is 6.07. The Balaban J connectivity index is 1.60. The number of carbonyl (C=O) groups excluding carboxylic acids is 2. The van der Waals surface area contributed by atoms with E-state index in [4.69, 9.17) is 4.74 Å². The molecule has 3 nitrogen and oxygen atoms in total. The molecule has 1 atom stereocenters. The average Bonchev–Trinajstić information content (AvgIpc) is 2.62. The van der Waals surface area contributed by atoms with Crippen LogP contribution >= 0.6 is 0 Å². The van der Waals surface area contributed by atoms with E-state index in [9.17, 15) is 9.59 Å². The van der Waals surface area contributed by atoms with Crippen LogP contribution in [0.2, 0.25) is 0 Å². The molecule has 1 aliphatic rings. The number of carbonyl (C=O) groups is 2. The van der Waals surface area contributed by atoms with Crippen LogP contribution in [0.4, 0.5) is 0 Å². The molecule has 0 N–H and O–H groups in total. The fourth-order valence-electron chi connectivity index (χ4n) is 3.46. The molecule has 2 aromatic carbocycles. The molecule has 3 rings (SSSR count). The molecule has 0 bridgehead atoms. The van der Waals surface area contributed by atoms with Crippen LogP contribution in [0.15, 0.2) is 54.1 Å². The van der Waals surface area contributed by atoms with Crippen LogP contribution in [0, 0.1) is 11.3 Å². The fourth-order valence-corrected chi connectivity index (χ4v) is 3.46. The molecule has 136 valence electrons. The molecule has 0 aromatic heterocycles. The molecule has 26 heavy (non-hydrogen) atoms. The number of fused-ring (bicyclic) bond motifs is 1. The van der Waals surface area contributed by atoms with Crippen molar-refractivity contribution in [2.24, 2.45) is 11.3 Å². The summed E-state index contributed by atoms with van der Waals surface area (Å²) in [6, 6.07) is 13.4. The highest BCUT2D eigenvalue weighted by Crippen LogP contribution is 2.39. The van der Waals surface area contributed by atoms with Crippen LogP contribution in [0.1, 0.15) is 50.4 Å². The topological polar surface area (TPSA) is 43.4 Å². The average molecular weight is 350 g/mol. The number of Topliss-reactive ketones (excluding diaryl/α,β-unsaturated/α-hetero) is 1. The van der Waals surface area contributed by atoms with E-state index < -0.39 is 5.97 Å². The lowest BCUT2D eigenvalue weighted by Crippen LogP contribution is -2.30. The van der Waals surface area contributed by atoms with Gasteiger partial charge in [0.2, 0.25) is 0 Å². The molecule has 1 unspecified atom stereocenters. The smallest absolute Gasteiger partial charge is 0.313 e. The molecule has 0 aliphatic heterocycles. The summed E-state index contributed by atoms with van der Waals surface area (Å²) in [6.45, 7) is 6.87. The summed E-state index contributed by atoms with van der Waals surface area (Å²) in [4.78, 5) is 24.6. The van der Waals surface area contributed by atoms with Gasteiger partial charge in [-0.25, -0.2) is 0 Å². The van der Waals surface area contributed by atoms with Gasteiger partial charge in [-0.3, -0.25) is 9.59 Å². The van der Waals surface area contributed by atoms with Crippen molar-refractivity contribution < 1.29 is 14.3 Å². The van der Waals surface area contributed by atoms with E-state index in [0.29, 0.717) is 12.2 Å². The fraction of sp³-hybridized carbons (Fsp3) is 0.391. The number of allylic oxidation sites excluding steroid dienone is 1. The van der Waals surface area contributed by atoms with E-state index in [2.05, 4.69) is 26.8 Å². The molecule has 0 amide bonds. The highest BCUT2D eigenvalue weighted by atomic mass is 16.5. The second kappa shape index (κ2) is 7.45.